The van der Waals surface area contributed by atoms with Crippen LogP contribution in [0, 0.1) is 11.6 Å². The van der Waals surface area contributed by atoms with Crippen molar-refractivity contribution in [3.8, 4) is 5.88 Å². The molecule has 1 aromatic carbocycles. The summed E-state index contributed by atoms with van der Waals surface area (Å²) in [5, 5.41) is 0.320. The number of hydrogen-bond acceptors (Lipinski definition) is 5. The molecule has 0 atom stereocenters. The number of ether oxygens (including phenoxy) is 1. The van der Waals surface area contributed by atoms with Crippen LogP contribution in [0.3, 0.4) is 0 Å². The molecule has 0 unspecified atom stereocenters. The fourth-order valence-electron chi connectivity index (χ4n) is 1.42. The van der Waals surface area contributed by atoms with Gasteiger partial charge in [-0.05, 0) is 32.0 Å². The van der Waals surface area contributed by atoms with Crippen LogP contribution >= 0.6 is 11.8 Å². The van der Waals surface area contributed by atoms with Crippen LogP contribution in [0.2, 0.25) is 0 Å². The van der Waals surface area contributed by atoms with Crippen LogP contribution in [0.1, 0.15) is 13.8 Å². The summed E-state index contributed by atoms with van der Waals surface area (Å²) >= 11 is 0.925. The van der Waals surface area contributed by atoms with Gasteiger partial charge in [-0.15, -0.1) is 0 Å². The average molecular weight is 297 g/mol. The van der Waals surface area contributed by atoms with E-state index in [9.17, 15) is 8.78 Å². The summed E-state index contributed by atoms with van der Waals surface area (Å²) < 4.78 is 32.1. The number of aromatic nitrogens is 2. The zero-order chi connectivity index (χ0) is 14.7. The normalized spacial score (nSPS) is 10.8. The highest BCUT2D eigenvalue weighted by atomic mass is 32.2. The quantitative estimate of drug-likeness (QED) is 0.878. The van der Waals surface area contributed by atoms with E-state index < -0.39 is 11.6 Å². The lowest BCUT2D eigenvalue weighted by molar-refractivity contribution is 0.233. The largest absolute Gasteiger partial charge is 0.473 e. The Hall–Kier alpha value is -1.89. The molecule has 0 spiro atoms. The molecule has 0 aliphatic carbocycles. The molecule has 1 heterocycles. The minimum absolute atomic E-state index is 0.101. The summed E-state index contributed by atoms with van der Waals surface area (Å²) in [7, 11) is 0. The van der Waals surface area contributed by atoms with Crippen LogP contribution < -0.4 is 10.5 Å². The van der Waals surface area contributed by atoms with Gasteiger partial charge in [0.2, 0.25) is 5.88 Å². The smallest absolute Gasteiger partial charge is 0.241 e. The minimum Gasteiger partial charge on any atom is -0.473 e. The summed E-state index contributed by atoms with van der Waals surface area (Å²) in [5.74, 6) is -0.838. The molecule has 0 radical (unpaired) electrons. The fourth-order valence-corrected chi connectivity index (χ4v) is 2.26. The molecule has 20 heavy (non-hydrogen) atoms. The molecule has 2 rings (SSSR count). The topological polar surface area (TPSA) is 61.0 Å². The summed E-state index contributed by atoms with van der Waals surface area (Å²) in [5.41, 5.74) is 6.08. The summed E-state index contributed by atoms with van der Waals surface area (Å²) in [4.78, 5) is 7.99. The van der Waals surface area contributed by atoms with Crippen LogP contribution in [0.25, 0.3) is 0 Å². The maximum atomic E-state index is 13.6. The van der Waals surface area contributed by atoms with E-state index in [0.717, 1.165) is 30.0 Å². The van der Waals surface area contributed by atoms with Gasteiger partial charge in [0.1, 0.15) is 28.7 Å². The molecule has 0 bridgehead atoms. The Morgan fingerprint density at radius 1 is 1.25 bits per heavy atom. The van der Waals surface area contributed by atoms with Gasteiger partial charge in [0, 0.05) is 0 Å². The van der Waals surface area contributed by atoms with Crippen molar-refractivity contribution in [2.24, 2.45) is 0 Å². The number of halogens is 2. The summed E-state index contributed by atoms with van der Waals surface area (Å²) in [6.07, 6.45) is 1.17. The highest BCUT2D eigenvalue weighted by molar-refractivity contribution is 7.99. The van der Waals surface area contributed by atoms with Crippen molar-refractivity contribution in [1.29, 1.82) is 0 Å². The molecule has 4 nitrogen and oxygen atoms in total. The molecule has 0 saturated heterocycles. The molecular weight excluding hydrogens is 284 g/mol. The van der Waals surface area contributed by atoms with Crippen LogP contribution in [-0.4, -0.2) is 16.1 Å². The predicted octanol–water partition coefficient (Wildman–Crippen LogP) is 3.28. The third kappa shape index (κ3) is 3.36. The van der Waals surface area contributed by atoms with E-state index in [1.807, 2.05) is 13.8 Å². The van der Waals surface area contributed by atoms with Crippen molar-refractivity contribution >= 4 is 17.4 Å². The van der Waals surface area contributed by atoms with Crippen molar-refractivity contribution in [1.82, 2.24) is 9.97 Å². The molecule has 7 heteroatoms. The first kappa shape index (κ1) is 14.5. The van der Waals surface area contributed by atoms with Gasteiger partial charge in [-0.25, -0.2) is 13.8 Å². The molecule has 1 aromatic heterocycles. The van der Waals surface area contributed by atoms with Gasteiger partial charge >= 0.3 is 0 Å². The lowest BCUT2D eigenvalue weighted by atomic mass is 10.3. The van der Waals surface area contributed by atoms with E-state index in [2.05, 4.69) is 9.97 Å². The second-order valence-electron chi connectivity index (χ2n) is 4.24. The number of nitrogen functional groups attached to an aromatic ring is 1. The van der Waals surface area contributed by atoms with Crippen molar-refractivity contribution in [3.63, 3.8) is 0 Å². The van der Waals surface area contributed by atoms with E-state index >= 15 is 0 Å². The Balaban J connectivity index is 2.32. The Morgan fingerprint density at radius 2 is 2.00 bits per heavy atom. The van der Waals surface area contributed by atoms with Gasteiger partial charge in [0.25, 0.3) is 0 Å². The molecule has 0 aliphatic rings. The number of hydrogen-bond donors (Lipinski definition) is 1. The molecule has 0 amide bonds. The monoisotopic (exact) mass is 297 g/mol. The SMILES string of the molecule is CC(C)Oc1ncnc(Sc2cc(F)ccc2F)c1N. The first-order valence-corrected chi connectivity index (χ1v) is 6.69. The molecule has 106 valence electrons. The first-order valence-electron chi connectivity index (χ1n) is 5.87. The molecular formula is C13H13F2N3OS. The number of nitrogens with two attached hydrogens (primary N) is 1. The van der Waals surface area contributed by atoms with E-state index in [1.165, 1.54) is 6.33 Å². The second kappa shape index (κ2) is 6.04. The van der Waals surface area contributed by atoms with Crippen LogP contribution in [0.5, 0.6) is 5.88 Å². The molecule has 0 saturated carbocycles. The predicted molar refractivity (Wildman–Crippen MR) is 72.7 cm³/mol. The summed E-state index contributed by atoms with van der Waals surface area (Å²) in [6.45, 7) is 3.67. The van der Waals surface area contributed by atoms with Crippen molar-refractivity contribution < 1.29 is 13.5 Å². The Bertz CT molecular complexity index is 623. The van der Waals surface area contributed by atoms with Gasteiger partial charge in [0.05, 0.1) is 11.0 Å². The standard InChI is InChI=1S/C13H13F2N3OS/c1-7(2)19-12-11(16)13(18-6-17-12)20-10-5-8(14)3-4-9(10)15/h3-7H,16H2,1-2H3. The molecule has 2 aromatic rings. The van der Waals surface area contributed by atoms with Crippen molar-refractivity contribution in [2.75, 3.05) is 5.73 Å². The lowest BCUT2D eigenvalue weighted by Gasteiger charge is -2.12. The van der Waals surface area contributed by atoms with E-state index in [1.54, 1.807) is 0 Å². The van der Waals surface area contributed by atoms with Crippen LogP contribution in [0.15, 0.2) is 34.4 Å². The van der Waals surface area contributed by atoms with Gasteiger partial charge in [-0.1, -0.05) is 11.8 Å². The number of nitrogens with zero attached hydrogens (tertiary/aromatic N) is 2. The van der Waals surface area contributed by atoms with Crippen molar-refractivity contribution in [3.05, 3.63) is 36.2 Å². The second-order valence-corrected chi connectivity index (χ2v) is 5.27. The van der Waals surface area contributed by atoms with E-state index in [0.29, 0.717) is 5.03 Å². The van der Waals surface area contributed by atoms with E-state index in [-0.39, 0.29) is 22.6 Å². The third-order valence-corrected chi connectivity index (χ3v) is 3.31. The van der Waals surface area contributed by atoms with E-state index in [4.69, 9.17) is 10.5 Å². The van der Waals surface area contributed by atoms with Gasteiger partial charge in [0.15, 0.2) is 0 Å². The Labute approximate surface area is 119 Å². The Morgan fingerprint density at radius 3 is 2.70 bits per heavy atom. The molecule has 0 fully saturated rings. The average Bonchev–Trinajstić information content (AvgIpc) is 2.38. The maximum absolute atomic E-state index is 13.6. The highest BCUT2D eigenvalue weighted by Crippen LogP contribution is 2.35. The van der Waals surface area contributed by atoms with Crippen LogP contribution in [0.4, 0.5) is 14.5 Å². The van der Waals surface area contributed by atoms with Gasteiger partial charge in [-0.3, -0.25) is 0 Å². The number of anilines is 1. The number of rotatable bonds is 4. The maximum Gasteiger partial charge on any atom is 0.241 e. The molecule has 0 aliphatic heterocycles. The first-order chi connectivity index (χ1) is 9.47. The summed E-state index contributed by atoms with van der Waals surface area (Å²) in [6, 6.07) is 3.20. The van der Waals surface area contributed by atoms with Gasteiger partial charge in [-0.2, -0.15) is 4.98 Å². The van der Waals surface area contributed by atoms with Crippen molar-refractivity contribution in [2.45, 2.75) is 29.9 Å². The lowest BCUT2D eigenvalue weighted by Crippen LogP contribution is -2.10. The fraction of sp³-hybridized carbons (Fsp3) is 0.231. The minimum atomic E-state index is -0.541. The number of benzene rings is 1. The zero-order valence-electron chi connectivity index (χ0n) is 10.9. The Kier molecular flexibility index (Phi) is 4.39. The molecule has 2 N–H and O–H groups in total. The van der Waals surface area contributed by atoms with Gasteiger partial charge < -0.3 is 10.5 Å². The highest BCUT2D eigenvalue weighted by Gasteiger charge is 2.14. The van der Waals surface area contributed by atoms with Crippen LogP contribution in [-0.2, 0) is 0 Å². The zero-order valence-corrected chi connectivity index (χ0v) is 11.7. The third-order valence-electron chi connectivity index (χ3n) is 2.26.